The normalized spacial score (nSPS) is 14.4. The van der Waals surface area contributed by atoms with E-state index in [4.69, 9.17) is 10.3 Å². The van der Waals surface area contributed by atoms with Crippen LogP contribution in [0.15, 0.2) is 16.8 Å². The molecule has 0 aliphatic rings. The Bertz CT molecular complexity index is 575. The Hall–Kier alpha value is -1.75. The van der Waals surface area contributed by atoms with E-state index in [0.717, 1.165) is 29.7 Å². The lowest BCUT2D eigenvalue weighted by Crippen LogP contribution is -2.33. The van der Waals surface area contributed by atoms with Crippen LogP contribution in [0.5, 0.6) is 0 Å². The molecule has 2 N–H and O–H groups in total. The Morgan fingerprint density at radius 1 is 1.37 bits per heavy atom. The third-order valence-corrected chi connectivity index (χ3v) is 3.11. The summed E-state index contributed by atoms with van der Waals surface area (Å²) in [6, 6.07) is 2.05. The van der Waals surface area contributed by atoms with E-state index in [-0.39, 0.29) is 0 Å². The Morgan fingerprint density at radius 2 is 2.11 bits per heavy atom. The Morgan fingerprint density at radius 3 is 2.74 bits per heavy atom. The highest BCUT2D eigenvalue weighted by atomic mass is 16.5. The maximum absolute atomic E-state index is 6.19. The summed E-state index contributed by atoms with van der Waals surface area (Å²) in [4.78, 5) is 8.76. The molecule has 0 saturated heterocycles. The molecule has 102 valence electrons. The van der Waals surface area contributed by atoms with Crippen LogP contribution < -0.4 is 5.73 Å². The summed E-state index contributed by atoms with van der Waals surface area (Å²) in [6.45, 7) is 7.97. The number of aryl methyl sites for hydroxylation is 2. The van der Waals surface area contributed by atoms with Gasteiger partial charge in [-0.15, -0.1) is 0 Å². The molecule has 0 aliphatic carbocycles. The molecule has 2 aromatic heterocycles. The van der Waals surface area contributed by atoms with E-state index >= 15 is 0 Å². The maximum Gasteiger partial charge on any atom is 0.246 e. The molecule has 19 heavy (non-hydrogen) atoms. The zero-order chi connectivity index (χ0) is 14.0. The second kappa shape index (κ2) is 5.09. The van der Waals surface area contributed by atoms with Crippen LogP contribution in [0.4, 0.5) is 0 Å². The van der Waals surface area contributed by atoms with Crippen LogP contribution in [-0.4, -0.2) is 15.1 Å². The van der Waals surface area contributed by atoms with Crippen LogP contribution in [-0.2, 0) is 5.54 Å². The van der Waals surface area contributed by atoms with Gasteiger partial charge >= 0.3 is 0 Å². The molecule has 1 unspecified atom stereocenters. The molecule has 5 heteroatoms. The predicted molar refractivity (Wildman–Crippen MR) is 73.5 cm³/mol. The Labute approximate surface area is 113 Å². The van der Waals surface area contributed by atoms with E-state index in [1.807, 2.05) is 26.8 Å². The second-order valence-electron chi connectivity index (χ2n) is 5.27. The average molecular weight is 260 g/mol. The highest BCUT2D eigenvalue weighted by Gasteiger charge is 2.28. The summed E-state index contributed by atoms with van der Waals surface area (Å²) in [6.07, 6.45) is 3.56. The number of hydrogen-bond acceptors (Lipinski definition) is 5. The molecule has 0 radical (unpaired) electrons. The van der Waals surface area contributed by atoms with Gasteiger partial charge in [0.25, 0.3) is 0 Å². The fourth-order valence-electron chi connectivity index (χ4n) is 2.13. The SMILES string of the molecule is CCCC(C)(N)c1nc(-c2ncc(C)cc2C)no1. The number of aromatic nitrogens is 3. The Kier molecular flexibility index (Phi) is 3.66. The summed E-state index contributed by atoms with van der Waals surface area (Å²) in [5.41, 5.74) is 8.48. The third kappa shape index (κ3) is 2.81. The molecule has 5 nitrogen and oxygen atoms in total. The first-order chi connectivity index (χ1) is 8.94. The molecule has 0 amide bonds. The number of nitrogens with two attached hydrogens (primary N) is 1. The van der Waals surface area contributed by atoms with Gasteiger partial charge in [-0.25, -0.2) is 0 Å². The van der Waals surface area contributed by atoms with Gasteiger partial charge < -0.3 is 10.3 Å². The number of pyridine rings is 1. The van der Waals surface area contributed by atoms with Crippen molar-refractivity contribution in [3.8, 4) is 11.5 Å². The first-order valence-electron chi connectivity index (χ1n) is 6.50. The van der Waals surface area contributed by atoms with Gasteiger partial charge in [0.05, 0.1) is 5.54 Å². The minimum atomic E-state index is -0.585. The van der Waals surface area contributed by atoms with Gasteiger partial charge in [0, 0.05) is 6.20 Å². The van der Waals surface area contributed by atoms with Crippen molar-refractivity contribution < 1.29 is 4.52 Å². The molecule has 0 spiro atoms. The van der Waals surface area contributed by atoms with Gasteiger partial charge in [-0.2, -0.15) is 4.98 Å². The number of rotatable bonds is 4. The van der Waals surface area contributed by atoms with Crippen molar-refractivity contribution in [3.63, 3.8) is 0 Å². The van der Waals surface area contributed by atoms with E-state index in [9.17, 15) is 0 Å². The van der Waals surface area contributed by atoms with Crippen LogP contribution in [0.3, 0.4) is 0 Å². The molecule has 2 rings (SSSR count). The van der Waals surface area contributed by atoms with Crippen LogP contribution in [0.1, 0.15) is 43.7 Å². The minimum Gasteiger partial charge on any atom is -0.337 e. The fourth-order valence-corrected chi connectivity index (χ4v) is 2.13. The predicted octanol–water partition coefficient (Wildman–Crippen LogP) is 2.72. The van der Waals surface area contributed by atoms with E-state index in [0.29, 0.717) is 11.7 Å². The molecule has 1 atom stereocenters. The van der Waals surface area contributed by atoms with Crippen molar-refractivity contribution in [1.82, 2.24) is 15.1 Å². The lowest BCUT2D eigenvalue weighted by molar-refractivity contribution is 0.284. The largest absolute Gasteiger partial charge is 0.337 e. The van der Waals surface area contributed by atoms with Crippen molar-refractivity contribution in [2.24, 2.45) is 5.73 Å². The summed E-state index contributed by atoms with van der Waals surface area (Å²) in [5.74, 6) is 0.964. The number of hydrogen-bond donors (Lipinski definition) is 1. The van der Waals surface area contributed by atoms with Gasteiger partial charge in [-0.05, 0) is 38.3 Å². The standard InChI is InChI=1S/C14H20N4O/c1-5-6-14(4,15)13-17-12(18-19-13)11-10(3)7-9(2)8-16-11/h7-8H,5-6,15H2,1-4H3. The van der Waals surface area contributed by atoms with Crippen molar-refractivity contribution in [1.29, 1.82) is 0 Å². The van der Waals surface area contributed by atoms with Crippen molar-refractivity contribution in [2.75, 3.05) is 0 Å². The molecule has 0 saturated carbocycles. The summed E-state index contributed by atoms with van der Waals surface area (Å²) in [5, 5.41) is 4.00. The molecule has 0 aromatic carbocycles. The van der Waals surface area contributed by atoms with E-state index < -0.39 is 5.54 Å². The van der Waals surface area contributed by atoms with Gasteiger partial charge in [0.1, 0.15) is 5.69 Å². The summed E-state index contributed by atoms with van der Waals surface area (Å²) < 4.78 is 5.30. The monoisotopic (exact) mass is 260 g/mol. The van der Waals surface area contributed by atoms with E-state index in [2.05, 4.69) is 22.0 Å². The van der Waals surface area contributed by atoms with Crippen molar-refractivity contribution in [3.05, 3.63) is 29.3 Å². The van der Waals surface area contributed by atoms with Crippen LogP contribution >= 0.6 is 0 Å². The molecule has 0 fully saturated rings. The number of nitrogens with zero attached hydrogens (tertiary/aromatic N) is 3. The van der Waals surface area contributed by atoms with Crippen LogP contribution in [0, 0.1) is 13.8 Å². The summed E-state index contributed by atoms with van der Waals surface area (Å²) in [7, 11) is 0. The molecular weight excluding hydrogens is 240 g/mol. The molecule has 2 aromatic rings. The van der Waals surface area contributed by atoms with Gasteiger partial charge in [0.15, 0.2) is 0 Å². The summed E-state index contributed by atoms with van der Waals surface area (Å²) >= 11 is 0. The molecular formula is C14H20N4O. The first kappa shape index (κ1) is 13.7. The lowest BCUT2D eigenvalue weighted by Gasteiger charge is -2.18. The Balaban J connectivity index is 2.35. The van der Waals surface area contributed by atoms with Crippen LogP contribution in [0.2, 0.25) is 0 Å². The highest BCUT2D eigenvalue weighted by Crippen LogP contribution is 2.25. The van der Waals surface area contributed by atoms with E-state index in [1.54, 1.807) is 6.20 Å². The van der Waals surface area contributed by atoms with Gasteiger partial charge in [0.2, 0.25) is 11.7 Å². The zero-order valence-electron chi connectivity index (χ0n) is 11.9. The fraction of sp³-hybridized carbons (Fsp3) is 0.500. The van der Waals surface area contributed by atoms with E-state index in [1.165, 1.54) is 0 Å². The minimum absolute atomic E-state index is 0.464. The molecule has 0 bridgehead atoms. The third-order valence-electron chi connectivity index (χ3n) is 3.11. The topological polar surface area (TPSA) is 77.8 Å². The van der Waals surface area contributed by atoms with Crippen molar-refractivity contribution in [2.45, 2.75) is 46.1 Å². The average Bonchev–Trinajstić information content (AvgIpc) is 2.78. The quantitative estimate of drug-likeness (QED) is 0.914. The highest BCUT2D eigenvalue weighted by molar-refractivity contribution is 5.54. The second-order valence-corrected chi connectivity index (χ2v) is 5.27. The lowest BCUT2D eigenvalue weighted by atomic mass is 9.98. The van der Waals surface area contributed by atoms with Crippen LogP contribution in [0.25, 0.3) is 11.5 Å². The first-order valence-corrected chi connectivity index (χ1v) is 6.50. The van der Waals surface area contributed by atoms with Gasteiger partial charge in [-0.3, -0.25) is 4.98 Å². The molecule has 0 aliphatic heterocycles. The maximum atomic E-state index is 6.19. The molecule has 2 heterocycles. The zero-order valence-corrected chi connectivity index (χ0v) is 11.9. The smallest absolute Gasteiger partial charge is 0.246 e. The van der Waals surface area contributed by atoms with Crippen molar-refractivity contribution >= 4 is 0 Å². The van der Waals surface area contributed by atoms with Gasteiger partial charge in [-0.1, -0.05) is 24.6 Å².